The van der Waals surface area contributed by atoms with Gasteiger partial charge in [-0.3, -0.25) is 0 Å². The second kappa shape index (κ2) is 10.4. The molecule has 12 atom stereocenters. The zero-order valence-electron chi connectivity index (χ0n) is 25.9. The summed E-state index contributed by atoms with van der Waals surface area (Å²) in [5.41, 5.74) is 3.04. The normalized spacial score (nSPS) is 47.8. The molecule has 0 saturated heterocycles. The van der Waals surface area contributed by atoms with E-state index in [9.17, 15) is 0 Å². The Morgan fingerprint density at radius 2 is 1.57 bits per heavy atom. The van der Waals surface area contributed by atoms with Crippen LogP contribution >= 0.6 is 9.24 Å². The maximum absolute atomic E-state index is 3.38. The smallest absolute Gasteiger partial charge is 0.0144 e. The molecule has 4 fully saturated rings. The summed E-state index contributed by atoms with van der Waals surface area (Å²) in [5.74, 6) is 7.20. The fraction of sp³-hybridized carbons (Fsp3) is 0.941. The van der Waals surface area contributed by atoms with Crippen LogP contribution in [0.2, 0.25) is 0 Å². The molecule has 1 heteroatoms. The lowest BCUT2D eigenvalue weighted by Gasteiger charge is -2.70. The SMILES string of the molecule is CC.CC(C)=CCCC(C)(P)C1CCC2C1C(C)CC1C2(C)CC(C)C2C(C)(C)C(C)CCC21C. The zero-order valence-corrected chi connectivity index (χ0v) is 27.1. The third kappa shape index (κ3) is 4.87. The van der Waals surface area contributed by atoms with Gasteiger partial charge in [0.1, 0.15) is 0 Å². The third-order valence-electron chi connectivity index (χ3n) is 12.7. The molecule has 0 aromatic heterocycles. The van der Waals surface area contributed by atoms with E-state index in [1.807, 2.05) is 13.8 Å². The molecule has 4 aliphatic rings. The van der Waals surface area contributed by atoms with Crippen molar-refractivity contribution in [1.29, 1.82) is 0 Å². The van der Waals surface area contributed by atoms with Crippen molar-refractivity contribution in [1.82, 2.24) is 0 Å². The van der Waals surface area contributed by atoms with E-state index in [2.05, 4.69) is 84.6 Å². The molecule has 0 N–H and O–H groups in total. The first-order valence-electron chi connectivity index (χ1n) is 15.6. The molecule has 0 amide bonds. The molecule has 0 aliphatic heterocycles. The lowest BCUT2D eigenvalue weighted by atomic mass is 9.35. The monoisotopic (exact) mass is 502 g/mol. The van der Waals surface area contributed by atoms with Gasteiger partial charge in [0, 0.05) is 0 Å². The van der Waals surface area contributed by atoms with Gasteiger partial charge in [-0.05, 0) is 134 Å². The van der Waals surface area contributed by atoms with Gasteiger partial charge in [-0.25, -0.2) is 0 Å². The van der Waals surface area contributed by atoms with Gasteiger partial charge in [0.25, 0.3) is 0 Å². The van der Waals surface area contributed by atoms with Gasteiger partial charge in [-0.1, -0.05) is 80.9 Å². The van der Waals surface area contributed by atoms with Crippen molar-refractivity contribution in [2.45, 2.75) is 140 Å². The van der Waals surface area contributed by atoms with Crippen molar-refractivity contribution >= 4 is 9.24 Å². The summed E-state index contributed by atoms with van der Waals surface area (Å²) >= 11 is 0. The molecule has 4 rings (SSSR count). The van der Waals surface area contributed by atoms with E-state index in [0.717, 1.165) is 47.3 Å². The highest BCUT2D eigenvalue weighted by molar-refractivity contribution is 7.18. The van der Waals surface area contributed by atoms with Crippen molar-refractivity contribution in [3.63, 3.8) is 0 Å². The summed E-state index contributed by atoms with van der Waals surface area (Å²) in [6, 6.07) is 0. The molecular weight excluding hydrogens is 439 g/mol. The molecule has 0 aromatic rings. The summed E-state index contributed by atoms with van der Waals surface area (Å²) in [4.78, 5) is 0. The molecule has 0 bridgehead atoms. The van der Waals surface area contributed by atoms with Crippen LogP contribution in [0.5, 0.6) is 0 Å². The van der Waals surface area contributed by atoms with E-state index in [1.54, 1.807) is 0 Å². The molecule has 4 saturated carbocycles. The van der Waals surface area contributed by atoms with Crippen LogP contribution in [0, 0.1) is 63.6 Å². The van der Waals surface area contributed by atoms with E-state index < -0.39 is 0 Å². The fourth-order valence-corrected chi connectivity index (χ4v) is 11.9. The summed E-state index contributed by atoms with van der Waals surface area (Å²) in [6.07, 6.45) is 13.9. The highest BCUT2D eigenvalue weighted by Crippen LogP contribution is 2.74. The average molecular weight is 503 g/mol. The Balaban J connectivity index is 0.00000167. The molecule has 4 aliphatic carbocycles. The van der Waals surface area contributed by atoms with Gasteiger partial charge in [-0.15, -0.1) is 9.24 Å². The predicted molar refractivity (Wildman–Crippen MR) is 161 cm³/mol. The van der Waals surface area contributed by atoms with Gasteiger partial charge >= 0.3 is 0 Å². The molecule has 0 aromatic carbocycles. The molecule has 0 heterocycles. The van der Waals surface area contributed by atoms with Crippen LogP contribution in [0.25, 0.3) is 0 Å². The summed E-state index contributed by atoms with van der Waals surface area (Å²) in [5, 5.41) is 0.387. The number of rotatable bonds is 4. The quantitative estimate of drug-likeness (QED) is 0.265. The van der Waals surface area contributed by atoms with E-state index in [0.29, 0.717) is 21.4 Å². The maximum Gasteiger partial charge on any atom is -0.0144 e. The van der Waals surface area contributed by atoms with Crippen LogP contribution in [-0.4, -0.2) is 5.16 Å². The fourth-order valence-electron chi connectivity index (χ4n) is 11.4. The predicted octanol–water partition coefficient (Wildman–Crippen LogP) is 10.8. The Morgan fingerprint density at radius 1 is 0.943 bits per heavy atom. The highest BCUT2D eigenvalue weighted by Gasteiger charge is 2.67. The van der Waals surface area contributed by atoms with E-state index >= 15 is 0 Å². The molecule has 0 spiro atoms. The van der Waals surface area contributed by atoms with E-state index in [1.165, 1.54) is 56.9 Å². The largest absolute Gasteiger partial charge is 0.131 e. The Morgan fingerprint density at radius 3 is 2.17 bits per heavy atom. The molecule has 12 unspecified atom stereocenters. The lowest BCUT2D eigenvalue weighted by Crippen LogP contribution is -2.63. The minimum atomic E-state index is 0.387. The Hall–Kier alpha value is 0.170. The molecule has 35 heavy (non-hydrogen) atoms. The number of hydrogen-bond donors (Lipinski definition) is 0. The Bertz CT molecular complexity index is 757. The van der Waals surface area contributed by atoms with Crippen LogP contribution in [0.4, 0.5) is 0 Å². The van der Waals surface area contributed by atoms with Gasteiger partial charge in [0.05, 0.1) is 0 Å². The van der Waals surface area contributed by atoms with E-state index in [-0.39, 0.29) is 0 Å². The summed E-state index contributed by atoms with van der Waals surface area (Å²) in [7, 11) is 3.38. The number of hydrogen-bond acceptors (Lipinski definition) is 0. The maximum atomic E-state index is 3.38. The molecule has 0 nitrogen and oxygen atoms in total. The van der Waals surface area contributed by atoms with Gasteiger partial charge in [0.2, 0.25) is 0 Å². The van der Waals surface area contributed by atoms with Crippen LogP contribution in [0.3, 0.4) is 0 Å². The zero-order chi connectivity index (χ0) is 26.6. The topological polar surface area (TPSA) is 0 Å². The number of allylic oxidation sites excluding steroid dienone is 2. The van der Waals surface area contributed by atoms with Crippen molar-refractivity contribution in [2.24, 2.45) is 63.6 Å². The van der Waals surface area contributed by atoms with Crippen LogP contribution < -0.4 is 0 Å². The first-order valence-corrected chi connectivity index (χ1v) is 16.2. The first kappa shape index (κ1) is 29.7. The molecule has 204 valence electrons. The van der Waals surface area contributed by atoms with Crippen LogP contribution in [0.15, 0.2) is 11.6 Å². The van der Waals surface area contributed by atoms with Crippen LogP contribution in [0.1, 0.15) is 134 Å². The molecule has 0 radical (unpaired) electrons. The average Bonchev–Trinajstić information content (AvgIpc) is 3.22. The van der Waals surface area contributed by atoms with E-state index in [4.69, 9.17) is 0 Å². The third-order valence-corrected chi connectivity index (χ3v) is 13.5. The van der Waals surface area contributed by atoms with Crippen molar-refractivity contribution in [3.05, 3.63) is 11.6 Å². The van der Waals surface area contributed by atoms with Gasteiger partial charge in [-0.2, -0.15) is 0 Å². The van der Waals surface area contributed by atoms with Crippen molar-refractivity contribution in [2.75, 3.05) is 0 Å². The Kier molecular flexibility index (Phi) is 8.82. The first-order chi connectivity index (χ1) is 16.2. The highest BCUT2D eigenvalue weighted by atomic mass is 31.0. The Labute approximate surface area is 223 Å². The number of fused-ring (bicyclic) bond motifs is 5. The second-order valence-electron chi connectivity index (χ2n) is 15.4. The van der Waals surface area contributed by atoms with Gasteiger partial charge < -0.3 is 0 Å². The summed E-state index contributed by atoms with van der Waals surface area (Å²) < 4.78 is 0. The summed E-state index contributed by atoms with van der Waals surface area (Å²) in [6.45, 7) is 29.8. The van der Waals surface area contributed by atoms with Gasteiger partial charge in [0.15, 0.2) is 0 Å². The minimum Gasteiger partial charge on any atom is -0.131 e. The van der Waals surface area contributed by atoms with Crippen molar-refractivity contribution < 1.29 is 0 Å². The minimum absolute atomic E-state index is 0.387. The second-order valence-corrected chi connectivity index (χ2v) is 16.7. The lowest BCUT2D eigenvalue weighted by molar-refractivity contribution is -0.215. The van der Waals surface area contributed by atoms with Crippen LogP contribution in [-0.2, 0) is 0 Å². The molecular formula is C34H63P. The van der Waals surface area contributed by atoms with Crippen molar-refractivity contribution in [3.8, 4) is 0 Å². The standard InChI is InChI=1S/C32H57P.C2H6/c1-20(2)12-11-16-32(10,33)25-14-13-24-27(25)21(3)18-26-30(8)17-15-23(5)29(6,7)28(30)22(4)19-31(24,26)9;1-2/h12,21-28H,11,13-19,33H2,1-10H3;1-2H3.